The molecule has 0 saturated carbocycles. The molecule has 1 aromatic heterocycles. The summed E-state index contributed by atoms with van der Waals surface area (Å²) in [6.07, 6.45) is -0.206. The van der Waals surface area contributed by atoms with Crippen molar-refractivity contribution in [3.8, 4) is 0 Å². The molecular weight excluding hydrogens is 374 g/mol. The summed E-state index contributed by atoms with van der Waals surface area (Å²) in [5.74, 6) is -0.809. The van der Waals surface area contributed by atoms with E-state index in [1.165, 1.54) is 0 Å². The van der Waals surface area contributed by atoms with E-state index in [4.69, 9.17) is 25.9 Å². The van der Waals surface area contributed by atoms with E-state index < -0.39 is 17.7 Å². The summed E-state index contributed by atoms with van der Waals surface area (Å²) in [6.45, 7) is 5.32. The number of hydrogen-bond acceptors (Lipinski definition) is 6. The van der Waals surface area contributed by atoms with Crippen LogP contribution in [0, 0.1) is 0 Å². The number of aromatic nitrogens is 2. The van der Waals surface area contributed by atoms with Crippen LogP contribution in [0.2, 0.25) is 5.02 Å². The molecule has 0 aliphatic heterocycles. The first-order valence-electron chi connectivity index (χ1n) is 8.38. The Labute approximate surface area is 161 Å². The number of carbonyl (C=O) groups excluding carboxylic acids is 1. The number of halogens is 1. The van der Waals surface area contributed by atoms with Gasteiger partial charge in [-0.2, -0.15) is 0 Å². The first-order valence-corrected chi connectivity index (χ1v) is 8.75. The number of carbonyl (C=O) groups is 2. The molecule has 1 aromatic carbocycles. The van der Waals surface area contributed by atoms with Crippen LogP contribution in [-0.2, 0) is 28.8 Å². The molecule has 1 amide bonds. The number of nitrogens with one attached hydrogen (secondary N) is 1. The van der Waals surface area contributed by atoms with E-state index in [0.29, 0.717) is 11.4 Å². The van der Waals surface area contributed by atoms with Crippen molar-refractivity contribution in [3.05, 3.63) is 46.6 Å². The third kappa shape index (κ3) is 7.65. The van der Waals surface area contributed by atoms with Gasteiger partial charge >= 0.3 is 12.1 Å². The van der Waals surface area contributed by atoms with E-state index in [-0.39, 0.29) is 30.7 Å². The maximum absolute atomic E-state index is 12.2. The molecule has 2 N–H and O–H groups in total. The average molecular weight is 396 g/mol. The number of alkyl carbamates (subject to hydrolysis) is 1. The van der Waals surface area contributed by atoms with E-state index in [9.17, 15) is 9.59 Å². The van der Waals surface area contributed by atoms with Crippen LogP contribution >= 0.6 is 11.6 Å². The van der Waals surface area contributed by atoms with Crippen LogP contribution in [-0.4, -0.2) is 39.0 Å². The molecule has 1 atom stereocenters. The molecular formula is C18H22ClN3O5. The Bertz CT molecular complexity index is 783. The van der Waals surface area contributed by atoms with Crippen molar-refractivity contribution in [2.45, 2.75) is 51.7 Å². The second-order valence-electron chi connectivity index (χ2n) is 7.04. The van der Waals surface area contributed by atoms with Crippen molar-refractivity contribution < 1.29 is 23.8 Å². The fraction of sp³-hybridized carbons (Fsp3) is 0.444. The minimum absolute atomic E-state index is 0.0139. The molecule has 2 rings (SSSR count). The Hall–Kier alpha value is -2.61. The van der Waals surface area contributed by atoms with Gasteiger partial charge in [-0.3, -0.25) is 4.79 Å². The molecule has 9 heteroatoms. The second-order valence-corrected chi connectivity index (χ2v) is 7.47. The molecule has 1 heterocycles. The van der Waals surface area contributed by atoms with Crippen molar-refractivity contribution in [2.75, 3.05) is 0 Å². The number of ether oxygens (including phenoxy) is 1. The third-order valence-electron chi connectivity index (χ3n) is 3.35. The first kappa shape index (κ1) is 20.7. The zero-order valence-corrected chi connectivity index (χ0v) is 16.1. The fourth-order valence-corrected chi connectivity index (χ4v) is 2.46. The Balaban J connectivity index is 2.10. The van der Waals surface area contributed by atoms with E-state index in [0.717, 1.165) is 5.56 Å². The maximum Gasteiger partial charge on any atom is 0.407 e. The highest BCUT2D eigenvalue weighted by molar-refractivity contribution is 6.30. The van der Waals surface area contributed by atoms with E-state index in [2.05, 4.69) is 15.5 Å². The van der Waals surface area contributed by atoms with Crippen molar-refractivity contribution >= 4 is 23.7 Å². The van der Waals surface area contributed by atoms with E-state index in [1.54, 1.807) is 32.9 Å². The quantitative estimate of drug-likeness (QED) is 0.740. The average Bonchev–Trinajstić information content (AvgIpc) is 2.93. The van der Waals surface area contributed by atoms with Gasteiger partial charge in [0.05, 0.1) is 0 Å². The Morgan fingerprint density at radius 3 is 2.41 bits per heavy atom. The van der Waals surface area contributed by atoms with Gasteiger partial charge in [0.15, 0.2) is 0 Å². The molecule has 0 aliphatic carbocycles. The monoisotopic (exact) mass is 395 g/mol. The van der Waals surface area contributed by atoms with Crippen LogP contribution in [0.3, 0.4) is 0 Å². The topological polar surface area (TPSA) is 115 Å². The van der Waals surface area contributed by atoms with Gasteiger partial charge in [0.1, 0.15) is 12.0 Å². The summed E-state index contributed by atoms with van der Waals surface area (Å²) in [5.41, 5.74) is 0.319. The summed E-state index contributed by atoms with van der Waals surface area (Å²) in [5, 5.41) is 19.8. The summed E-state index contributed by atoms with van der Waals surface area (Å²) in [4.78, 5) is 22.9. The number of amides is 1. The number of carboxylic acid groups (broad SMARTS) is 1. The van der Waals surface area contributed by atoms with Gasteiger partial charge in [0.2, 0.25) is 11.8 Å². The highest BCUT2D eigenvalue weighted by Gasteiger charge is 2.22. The lowest BCUT2D eigenvalue weighted by atomic mass is 10.0. The second kappa shape index (κ2) is 8.85. The lowest BCUT2D eigenvalue weighted by Crippen LogP contribution is -2.41. The molecule has 27 heavy (non-hydrogen) atoms. The van der Waals surface area contributed by atoms with Crippen LogP contribution in [0.5, 0.6) is 0 Å². The first-order chi connectivity index (χ1) is 12.6. The normalized spacial score (nSPS) is 12.4. The molecule has 0 bridgehead atoms. The predicted molar refractivity (Wildman–Crippen MR) is 97.7 cm³/mol. The van der Waals surface area contributed by atoms with Gasteiger partial charge in [-0.05, 0) is 44.9 Å². The molecule has 0 radical (unpaired) electrons. The third-order valence-corrected chi connectivity index (χ3v) is 3.60. The minimum Gasteiger partial charge on any atom is -0.481 e. The standard InChI is InChI=1S/C18H22ClN3O5/c1-18(2,3)27-17(25)20-13(8-11-4-6-12(19)7-5-11)9-14-21-22-15(26-14)10-16(23)24/h4-7,13H,8-10H2,1-3H3,(H,20,25)(H,23,24). The summed E-state index contributed by atoms with van der Waals surface area (Å²) < 4.78 is 10.7. The molecule has 1 unspecified atom stereocenters. The number of nitrogens with zero attached hydrogens (tertiary/aromatic N) is 2. The van der Waals surface area contributed by atoms with Crippen LogP contribution < -0.4 is 5.32 Å². The van der Waals surface area contributed by atoms with Crippen molar-refractivity contribution in [1.82, 2.24) is 15.5 Å². The van der Waals surface area contributed by atoms with Crippen LogP contribution in [0.15, 0.2) is 28.7 Å². The zero-order chi connectivity index (χ0) is 20.0. The van der Waals surface area contributed by atoms with Gasteiger partial charge in [-0.1, -0.05) is 23.7 Å². The lowest BCUT2D eigenvalue weighted by Gasteiger charge is -2.23. The van der Waals surface area contributed by atoms with Crippen LogP contribution in [0.4, 0.5) is 4.79 Å². The van der Waals surface area contributed by atoms with Gasteiger partial charge in [-0.15, -0.1) is 10.2 Å². The molecule has 0 fully saturated rings. The van der Waals surface area contributed by atoms with Gasteiger partial charge in [-0.25, -0.2) is 4.79 Å². The van der Waals surface area contributed by atoms with Gasteiger partial charge < -0.3 is 19.6 Å². The van der Waals surface area contributed by atoms with Crippen molar-refractivity contribution in [1.29, 1.82) is 0 Å². The smallest absolute Gasteiger partial charge is 0.407 e. The van der Waals surface area contributed by atoms with Crippen LogP contribution in [0.25, 0.3) is 0 Å². The highest BCUT2D eigenvalue weighted by Crippen LogP contribution is 2.14. The zero-order valence-electron chi connectivity index (χ0n) is 15.4. The highest BCUT2D eigenvalue weighted by atomic mass is 35.5. The summed E-state index contributed by atoms with van der Waals surface area (Å²) >= 11 is 5.91. The number of carboxylic acids is 1. The molecule has 0 spiro atoms. The van der Waals surface area contributed by atoms with Crippen molar-refractivity contribution in [3.63, 3.8) is 0 Å². The Morgan fingerprint density at radius 2 is 1.81 bits per heavy atom. The number of rotatable bonds is 7. The predicted octanol–water partition coefficient (Wildman–Crippen LogP) is 3.03. The minimum atomic E-state index is -1.06. The van der Waals surface area contributed by atoms with Crippen LogP contribution in [0.1, 0.15) is 38.1 Å². The molecule has 146 valence electrons. The number of aliphatic carboxylic acids is 1. The maximum atomic E-state index is 12.2. The fourth-order valence-electron chi connectivity index (χ4n) is 2.34. The molecule has 0 saturated heterocycles. The number of hydrogen-bond donors (Lipinski definition) is 2. The lowest BCUT2D eigenvalue weighted by molar-refractivity contribution is -0.136. The Morgan fingerprint density at radius 1 is 1.19 bits per heavy atom. The Kier molecular flexibility index (Phi) is 6.79. The molecule has 2 aromatic rings. The largest absolute Gasteiger partial charge is 0.481 e. The summed E-state index contributed by atoms with van der Waals surface area (Å²) in [7, 11) is 0. The summed E-state index contributed by atoms with van der Waals surface area (Å²) in [6, 6.07) is 6.85. The molecule has 0 aliphatic rings. The van der Waals surface area contributed by atoms with Crippen molar-refractivity contribution in [2.24, 2.45) is 0 Å². The van der Waals surface area contributed by atoms with E-state index in [1.807, 2.05) is 12.1 Å². The SMILES string of the molecule is CC(C)(C)OC(=O)NC(Cc1ccc(Cl)cc1)Cc1nnc(CC(=O)O)o1. The number of benzene rings is 1. The van der Waals surface area contributed by atoms with E-state index >= 15 is 0 Å². The van der Waals surface area contributed by atoms with Gasteiger partial charge in [0, 0.05) is 17.5 Å². The van der Waals surface area contributed by atoms with Gasteiger partial charge in [0.25, 0.3) is 0 Å². The molecule has 8 nitrogen and oxygen atoms in total.